The van der Waals surface area contributed by atoms with Crippen LogP contribution >= 0.6 is 17.2 Å². The molecule has 0 saturated carbocycles. The Bertz CT molecular complexity index is 2240. The predicted molar refractivity (Wildman–Crippen MR) is 307 cm³/mol. The maximum atomic E-state index is 14.6. The van der Waals surface area contributed by atoms with E-state index in [4.69, 9.17) is 31.9 Å². The van der Waals surface area contributed by atoms with Crippen molar-refractivity contribution in [2.24, 2.45) is 11.8 Å². The second-order valence-electron chi connectivity index (χ2n) is 17.3. The molecule has 71 heavy (non-hydrogen) atoms. The normalized spacial score (nSPS) is 12.0. The number of benzene rings is 4. The lowest BCUT2D eigenvalue weighted by atomic mass is 10.0. The molecule has 0 bridgehead atoms. The molecule has 4 aromatic rings. The molecule has 0 amide bonds. The van der Waals surface area contributed by atoms with Crippen LogP contribution in [0.1, 0.15) is 167 Å². The van der Waals surface area contributed by atoms with Gasteiger partial charge in [-0.3, -0.25) is 13.8 Å². The van der Waals surface area contributed by atoms with Gasteiger partial charge in [-0.25, -0.2) is 0 Å². The maximum absolute atomic E-state index is 14.6. The number of rotatable bonds is 23. The smallest absolute Gasteiger partial charge is 0.463 e. The van der Waals surface area contributed by atoms with Crippen LogP contribution < -0.4 is 22.8 Å². The zero-order valence-corrected chi connectivity index (χ0v) is 48.8. The van der Waals surface area contributed by atoms with Crippen LogP contribution in [0.4, 0.5) is 0 Å². The van der Waals surface area contributed by atoms with Gasteiger partial charge in [0.05, 0.1) is 24.8 Å². The molecule has 0 saturated heterocycles. The highest BCUT2D eigenvalue weighted by atomic mass is 31.2. The second-order valence-corrected chi connectivity index (χ2v) is 19.5. The van der Waals surface area contributed by atoms with E-state index >= 15 is 0 Å². The van der Waals surface area contributed by atoms with Crippen molar-refractivity contribution in [2.45, 2.75) is 142 Å². The third-order valence-corrected chi connectivity index (χ3v) is 12.1. The Balaban J connectivity index is 0.00000287. The lowest BCUT2D eigenvalue weighted by Gasteiger charge is -2.23. The number of ketones is 1. The van der Waals surface area contributed by atoms with Crippen molar-refractivity contribution in [3.05, 3.63) is 173 Å². The van der Waals surface area contributed by atoms with Crippen LogP contribution in [0.25, 0.3) is 0 Å². The van der Waals surface area contributed by atoms with Crippen LogP contribution in [0.2, 0.25) is 0 Å². The molecule has 2 atom stereocenters. The average Bonchev–Trinajstić information content (AvgIpc) is 3.35. The second kappa shape index (κ2) is 37.8. The largest absolute Gasteiger partial charge is 0.497 e. The summed E-state index contributed by atoms with van der Waals surface area (Å²) in [6, 6.07) is 24.2. The first kappa shape index (κ1) is 66.0. The third-order valence-electron chi connectivity index (χ3n) is 10.1. The van der Waals surface area contributed by atoms with E-state index in [-0.39, 0.29) is 41.5 Å². The van der Waals surface area contributed by atoms with E-state index in [9.17, 15) is 4.79 Å². The topological polar surface area (TPSA) is 81.7 Å². The molecule has 0 fully saturated rings. The molecule has 10 heteroatoms. The summed E-state index contributed by atoms with van der Waals surface area (Å²) in [5, 5.41) is 0. The number of aryl methyl sites for hydroxylation is 2. The summed E-state index contributed by atoms with van der Waals surface area (Å²) in [5.41, 5.74) is 6.76. The summed E-state index contributed by atoms with van der Waals surface area (Å²) < 4.78 is 43.6. The van der Waals surface area contributed by atoms with Crippen molar-refractivity contribution in [3.8, 4) is 28.7 Å². The van der Waals surface area contributed by atoms with Crippen LogP contribution in [-0.2, 0) is 9.05 Å². The minimum Gasteiger partial charge on any atom is -0.497 e. The van der Waals surface area contributed by atoms with E-state index in [0.717, 1.165) is 52.2 Å². The highest BCUT2D eigenvalue weighted by molar-refractivity contribution is 7.42. The molecule has 392 valence electrons. The zero-order valence-electron chi connectivity index (χ0n) is 47.0. The Morgan fingerprint density at radius 1 is 0.662 bits per heavy atom. The van der Waals surface area contributed by atoms with Crippen molar-refractivity contribution < 1.29 is 36.7 Å². The third kappa shape index (κ3) is 24.8. The molecule has 0 aliphatic heterocycles. The molecule has 4 aromatic carbocycles. The number of methoxy groups -OCH3 is 1. The van der Waals surface area contributed by atoms with Crippen LogP contribution in [0.3, 0.4) is 0 Å². The van der Waals surface area contributed by atoms with E-state index in [2.05, 4.69) is 99.8 Å². The molecule has 0 aliphatic rings. The van der Waals surface area contributed by atoms with Gasteiger partial charge in [0.1, 0.15) is 28.7 Å². The van der Waals surface area contributed by atoms with E-state index in [1.807, 2.05) is 110 Å². The Morgan fingerprint density at radius 2 is 1.18 bits per heavy atom. The highest BCUT2D eigenvalue weighted by Gasteiger charge is 2.28. The van der Waals surface area contributed by atoms with Gasteiger partial charge in [-0.05, 0) is 128 Å². The highest BCUT2D eigenvalue weighted by Crippen LogP contribution is 2.48. The SMILES string of the molecule is C/C=C/CC.C=C/C(C)=C\C=C(/COP(Oc1ccccc1C(=O)c1ccc(OC)cc1OP(OC)Oc1cc(C)ccc1C(C)C)Oc1cc(C)ccc1C(C)C)C(C)C.C=CCC(C)C.CC.CC. The van der Waals surface area contributed by atoms with Gasteiger partial charge in [0.15, 0.2) is 0 Å². The fourth-order valence-electron chi connectivity index (χ4n) is 6.06. The van der Waals surface area contributed by atoms with Gasteiger partial charge in [0.25, 0.3) is 0 Å². The first-order valence-corrected chi connectivity index (χ1v) is 27.4. The summed E-state index contributed by atoms with van der Waals surface area (Å²) in [7, 11) is -0.959. The number of ether oxygens (including phenoxy) is 1. The molecule has 0 heterocycles. The van der Waals surface area contributed by atoms with Crippen LogP contribution in [0, 0.1) is 25.7 Å². The molecule has 0 aromatic heterocycles. The molecule has 4 rings (SSSR count). The van der Waals surface area contributed by atoms with Crippen molar-refractivity contribution in [3.63, 3.8) is 0 Å². The summed E-state index contributed by atoms with van der Waals surface area (Å²) in [6.45, 7) is 42.9. The fraction of sp³-hybridized carbons (Fsp3) is 0.426. The molecular formula is C61H90O8P2. The number of allylic oxidation sites excluding steroid dienone is 7. The van der Waals surface area contributed by atoms with Crippen LogP contribution in [-0.4, -0.2) is 26.6 Å². The van der Waals surface area contributed by atoms with Crippen LogP contribution in [0.15, 0.2) is 140 Å². The quantitative estimate of drug-likeness (QED) is 0.0315. The molecule has 2 unspecified atom stereocenters. The van der Waals surface area contributed by atoms with Gasteiger partial charge in [-0.1, -0.05) is 175 Å². The summed E-state index contributed by atoms with van der Waals surface area (Å²) in [5.74, 6) is 3.39. The van der Waals surface area contributed by atoms with Gasteiger partial charge in [-0.15, -0.1) is 6.58 Å². The Labute approximate surface area is 434 Å². The van der Waals surface area contributed by atoms with E-state index < -0.39 is 17.2 Å². The number of hydrogen-bond acceptors (Lipinski definition) is 8. The fourth-order valence-corrected chi connectivity index (χ4v) is 7.92. The Kier molecular flexibility index (Phi) is 35.1. The number of carbonyl (C=O) groups excluding carboxylic acids is 1. The zero-order chi connectivity index (χ0) is 54.1. The van der Waals surface area contributed by atoms with Crippen LogP contribution in [0.5, 0.6) is 28.7 Å². The minimum absolute atomic E-state index is 0.187. The van der Waals surface area contributed by atoms with E-state index in [1.165, 1.54) is 7.11 Å². The number of carbonyl (C=O) groups is 1. The van der Waals surface area contributed by atoms with Crippen molar-refractivity contribution in [1.29, 1.82) is 0 Å². The number of para-hydroxylation sites is 1. The van der Waals surface area contributed by atoms with Gasteiger partial charge < -0.3 is 22.8 Å². The average molecular weight is 1010 g/mol. The standard InChI is InChI=1S/C46H56O8P2.C6H12.C5H10.2C2H6/c1-13-33(8)18-21-36(30(2)3)29-50-56(54-44-27-35(10)20-24-39(44)32(6)7)51-42-17-15-14-16-40(42)46(47)41-25-22-37(48-11)28-45(41)53-55(49-12)52-43-26-34(9)19-23-38(43)31(4)5;1-4-5-6(2)3;1-3-5-4-2;2*1-2/h13-28,30-32H,1,29H2,2-12H3;4,6H,1,5H2,2-3H3;3,5H,4H2,1-2H3;2*1-2H3/b33-18-,36-21+;;5-3+;;. The van der Waals surface area contributed by atoms with Gasteiger partial charge >= 0.3 is 17.2 Å². The first-order valence-electron chi connectivity index (χ1n) is 25.2. The predicted octanol–water partition coefficient (Wildman–Crippen LogP) is 19.8. The van der Waals surface area contributed by atoms with E-state index in [0.29, 0.717) is 28.6 Å². The Hall–Kier alpha value is -4.97. The van der Waals surface area contributed by atoms with Gasteiger partial charge in [0, 0.05) is 13.2 Å². The summed E-state index contributed by atoms with van der Waals surface area (Å²) in [6.07, 6.45) is 14.3. The van der Waals surface area contributed by atoms with Crippen molar-refractivity contribution in [2.75, 3.05) is 20.8 Å². The van der Waals surface area contributed by atoms with Crippen molar-refractivity contribution in [1.82, 2.24) is 0 Å². The molecule has 0 spiro atoms. The molecule has 0 radical (unpaired) electrons. The first-order chi connectivity index (χ1) is 33.9. The van der Waals surface area contributed by atoms with Gasteiger partial charge in [0.2, 0.25) is 5.78 Å². The van der Waals surface area contributed by atoms with E-state index in [1.54, 1.807) is 43.5 Å². The monoisotopic (exact) mass is 1010 g/mol. The van der Waals surface area contributed by atoms with Crippen molar-refractivity contribution >= 4 is 23.0 Å². The summed E-state index contributed by atoms with van der Waals surface area (Å²) in [4.78, 5) is 14.6. The summed E-state index contributed by atoms with van der Waals surface area (Å²) >= 11 is 0. The Morgan fingerprint density at radius 3 is 1.62 bits per heavy atom. The molecule has 0 N–H and O–H groups in total. The molecular weight excluding hydrogens is 923 g/mol. The van der Waals surface area contributed by atoms with Gasteiger partial charge in [-0.2, -0.15) is 0 Å². The molecule has 0 aliphatic carbocycles. The molecule has 8 nitrogen and oxygen atoms in total. The minimum atomic E-state index is -2.06. The number of hydrogen-bond donors (Lipinski definition) is 0. The maximum Gasteiger partial charge on any atom is 0.463 e. The lowest BCUT2D eigenvalue weighted by Crippen LogP contribution is -2.10. The lowest BCUT2D eigenvalue weighted by molar-refractivity contribution is 0.103.